The lowest BCUT2D eigenvalue weighted by atomic mass is 10.2. The SMILES string of the molecule is CCCCCOC(=O)/C=C/c1ccc(OCCCCC)cc1. The lowest BCUT2D eigenvalue weighted by molar-refractivity contribution is -0.137. The minimum absolute atomic E-state index is 0.281. The van der Waals surface area contributed by atoms with Crippen LogP contribution in [-0.2, 0) is 9.53 Å². The molecule has 3 heteroatoms. The van der Waals surface area contributed by atoms with Gasteiger partial charge in [-0.05, 0) is 36.6 Å². The molecule has 0 aliphatic rings. The van der Waals surface area contributed by atoms with E-state index in [4.69, 9.17) is 9.47 Å². The molecule has 0 aliphatic carbocycles. The number of carbonyl (C=O) groups is 1. The van der Waals surface area contributed by atoms with Gasteiger partial charge in [0, 0.05) is 6.08 Å². The van der Waals surface area contributed by atoms with Gasteiger partial charge in [-0.3, -0.25) is 0 Å². The van der Waals surface area contributed by atoms with Gasteiger partial charge in [0.2, 0.25) is 0 Å². The molecule has 1 aromatic rings. The first-order valence-electron chi connectivity index (χ1n) is 8.34. The van der Waals surface area contributed by atoms with Gasteiger partial charge >= 0.3 is 5.97 Å². The molecule has 0 heterocycles. The summed E-state index contributed by atoms with van der Waals surface area (Å²) < 4.78 is 10.8. The second-order valence-electron chi connectivity index (χ2n) is 5.33. The molecule has 0 saturated heterocycles. The van der Waals surface area contributed by atoms with Crippen molar-refractivity contribution in [3.63, 3.8) is 0 Å². The average molecular weight is 304 g/mol. The van der Waals surface area contributed by atoms with E-state index >= 15 is 0 Å². The molecule has 0 atom stereocenters. The van der Waals surface area contributed by atoms with Gasteiger partial charge in [0.1, 0.15) is 5.75 Å². The average Bonchev–Trinajstić information content (AvgIpc) is 2.55. The third kappa shape index (κ3) is 8.50. The van der Waals surface area contributed by atoms with Crippen LogP contribution in [0.2, 0.25) is 0 Å². The zero-order chi connectivity index (χ0) is 16.0. The van der Waals surface area contributed by atoms with E-state index in [9.17, 15) is 4.79 Å². The molecule has 0 radical (unpaired) electrons. The van der Waals surface area contributed by atoms with E-state index in [1.807, 2.05) is 24.3 Å². The highest BCUT2D eigenvalue weighted by molar-refractivity contribution is 5.87. The lowest BCUT2D eigenvalue weighted by Gasteiger charge is -2.05. The third-order valence-corrected chi connectivity index (χ3v) is 3.30. The number of esters is 1. The molecule has 0 saturated carbocycles. The summed E-state index contributed by atoms with van der Waals surface area (Å²) >= 11 is 0. The smallest absolute Gasteiger partial charge is 0.330 e. The Hall–Kier alpha value is -1.77. The molecule has 0 unspecified atom stereocenters. The van der Waals surface area contributed by atoms with Gasteiger partial charge in [0.15, 0.2) is 0 Å². The second-order valence-corrected chi connectivity index (χ2v) is 5.33. The van der Waals surface area contributed by atoms with E-state index in [2.05, 4.69) is 13.8 Å². The number of benzene rings is 1. The predicted octanol–water partition coefficient (Wildman–Crippen LogP) is 5.00. The van der Waals surface area contributed by atoms with Crippen molar-refractivity contribution >= 4 is 12.0 Å². The predicted molar refractivity (Wildman–Crippen MR) is 91.0 cm³/mol. The van der Waals surface area contributed by atoms with Crippen LogP contribution in [0.25, 0.3) is 6.08 Å². The van der Waals surface area contributed by atoms with Crippen LogP contribution in [0, 0.1) is 0 Å². The van der Waals surface area contributed by atoms with Crippen molar-refractivity contribution < 1.29 is 14.3 Å². The highest BCUT2D eigenvalue weighted by Gasteiger charge is 1.97. The zero-order valence-corrected chi connectivity index (χ0v) is 13.8. The summed E-state index contributed by atoms with van der Waals surface area (Å²) in [5.74, 6) is 0.589. The van der Waals surface area contributed by atoms with Crippen LogP contribution >= 0.6 is 0 Å². The van der Waals surface area contributed by atoms with Crippen molar-refractivity contribution in [3.8, 4) is 5.75 Å². The van der Waals surface area contributed by atoms with Gasteiger partial charge in [-0.2, -0.15) is 0 Å². The van der Waals surface area contributed by atoms with Crippen molar-refractivity contribution in [1.29, 1.82) is 0 Å². The summed E-state index contributed by atoms with van der Waals surface area (Å²) in [5, 5.41) is 0. The maximum Gasteiger partial charge on any atom is 0.330 e. The summed E-state index contributed by atoms with van der Waals surface area (Å²) in [7, 11) is 0. The Morgan fingerprint density at radius 1 is 0.955 bits per heavy atom. The fourth-order valence-corrected chi connectivity index (χ4v) is 1.95. The molecule has 0 aliphatic heterocycles. The molecule has 0 aromatic heterocycles. The van der Waals surface area contributed by atoms with E-state index < -0.39 is 0 Å². The van der Waals surface area contributed by atoms with Crippen LogP contribution in [0.5, 0.6) is 5.75 Å². The van der Waals surface area contributed by atoms with E-state index in [-0.39, 0.29) is 5.97 Å². The normalized spacial score (nSPS) is 10.8. The quantitative estimate of drug-likeness (QED) is 0.328. The molecule has 0 N–H and O–H groups in total. The van der Waals surface area contributed by atoms with E-state index in [0.29, 0.717) is 6.61 Å². The maximum absolute atomic E-state index is 11.5. The number of carbonyl (C=O) groups excluding carboxylic acids is 1. The van der Waals surface area contributed by atoms with Crippen molar-refractivity contribution in [1.82, 2.24) is 0 Å². The highest BCUT2D eigenvalue weighted by Crippen LogP contribution is 2.14. The summed E-state index contributed by atoms with van der Waals surface area (Å²) in [6, 6.07) is 7.74. The molecule has 0 amide bonds. The van der Waals surface area contributed by atoms with Gasteiger partial charge in [-0.25, -0.2) is 4.79 Å². The van der Waals surface area contributed by atoms with Gasteiger partial charge in [0.25, 0.3) is 0 Å². The van der Waals surface area contributed by atoms with Crippen molar-refractivity contribution in [3.05, 3.63) is 35.9 Å². The second kappa shape index (κ2) is 11.8. The van der Waals surface area contributed by atoms with E-state index in [1.54, 1.807) is 6.08 Å². The number of hydrogen-bond acceptors (Lipinski definition) is 3. The number of ether oxygens (including phenoxy) is 2. The minimum atomic E-state index is -0.281. The monoisotopic (exact) mass is 304 g/mol. The fraction of sp³-hybridized carbons (Fsp3) is 0.526. The molecule has 0 bridgehead atoms. The van der Waals surface area contributed by atoms with Gasteiger partial charge in [-0.1, -0.05) is 51.7 Å². The third-order valence-electron chi connectivity index (χ3n) is 3.30. The van der Waals surface area contributed by atoms with Crippen LogP contribution in [-0.4, -0.2) is 19.2 Å². The lowest BCUT2D eigenvalue weighted by Crippen LogP contribution is -2.01. The molecule has 3 nitrogen and oxygen atoms in total. The summed E-state index contributed by atoms with van der Waals surface area (Å²) in [6.45, 7) is 5.56. The molecular formula is C19H28O3. The number of hydrogen-bond donors (Lipinski definition) is 0. The summed E-state index contributed by atoms with van der Waals surface area (Å²) in [4.78, 5) is 11.5. The molecule has 0 spiro atoms. The highest BCUT2D eigenvalue weighted by atomic mass is 16.5. The Bertz CT molecular complexity index is 434. The summed E-state index contributed by atoms with van der Waals surface area (Å²) in [6.07, 6.45) is 9.87. The molecule has 0 fully saturated rings. The number of unbranched alkanes of at least 4 members (excludes halogenated alkanes) is 4. The molecule has 22 heavy (non-hydrogen) atoms. The Balaban J connectivity index is 2.30. The van der Waals surface area contributed by atoms with Crippen LogP contribution in [0.15, 0.2) is 30.3 Å². The molecule has 1 aromatic carbocycles. The zero-order valence-electron chi connectivity index (χ0n) is 13.8. The van der Waals surface area contributed by atoms with Crippen LogP contribution in [0.1, 0.15) is 57.9 Å². The van der Waals surface area contributed by atoms with E-state index in [0.717, 1.165) is 43.6 Å². The first-order chi connectivity index (χ1) is 10.8. The van der Waals surface area contributed by atoms with Crippen molar-refractivity contribution in [2.45, 2.75) is 52.4 Å². The van der Waals surface area contributed by atoms with Gasteiger partial charge in [0.05, 0.1) is 13.2 Å². The summed E-state index contributed by atoms with van der Waals surface area (Å²) in [5.41, 5.74) is 0.964. The largest absolute Gasteiger partial charge is 0.494 e. The molecular weight excluding hydrogens is 276 g/mol. The van der Waals surface area contributed by atoms with Crippen LogP contribution in [0.3, 0.4) is 0 Å². The molecule has 122 valence electrons. The Kier molecular flexibility index (Phi) is 9.84. The van der Waals surface area contributed by atoms with Gasteiger partial charge < -0.3 is 9.47 Å². The van der Waals surface area contributed by atoms with Crippen LogP contribution in [0.4, 0.5) is 0 Å². The first-order valence-corrected chi connectivity index (χ1v) is 8.34. The number of rotatable bonds is 11. The van der Waals surface area contributed by atoms with Crippen molar-refractivity contribution in [2.75, 3.05) is 13.2 Å². The van der Waals surface area contributed by atoms with E-state index in [1.165, 1.54) is 18.9 Å². The first kappa shape index (κ1) is 18.3. The Morgan fingerprint density at radius 2 is 1.59 bits per heavy atom. The Morgan fingerprint density at radius 3 is 2.23 bits per heavy atom. The molecule has 1 rings (SSSR count). The standard InChI is InChI=1S/C19H28O3/c1-3-5-7-15-21-18-12-9-17(10-13-18)11-14-19(20)22-16-8-6-4-2/h9-14H,3-8,15-16H2,1-2H3/b14-11+. The van der Waals surface area contributed by atoms with Crippen molar-refractivity contribution in [2.24, 2.45) is 0 Å². The fourth-order valence-electron chi connectivity index (χ4n) is 1.95. The topological polar surface area (TPSA) is 35.5 Å². The minimum Gasteiger partial charge on any atom is -0.494 e. The maximum atomic E-state index is 11.5. The Labute approximate surface area is 134 Å². The van der Waals surface area contributed by atoms with Gasteiger partial charge in [-0.15, -0.1) is 0 Å². The van der Waals surface area contributed by atoms with Crippen LogP contribution < -0.4 is 4.74 Å².